The van der Waals surface area contributed by atoms with E-state index in [2.05, 4.69) is 0 Å². The van der Waals surface area contributed by atoms with Gasteiger partial charge < -0.3 is 11.5 Å². The van der Waals surface area contributed by atoms with Gasteiger partial charge in [-0.1, -0.05) is 6.07 Å². The van der Waals surface area contributed by atoms with Crippen molar-refractivity contribution in [3.05, 3.63) is 24.3 Å². The molecule has 94 valence electrons. The molecule has 0 aromatic heterocycles. The molecule has 2 amide bonds. The fraction of sp³-hybridized carbons (Fsp3) is 0.222. The highest BCUT2D eigenvalue weighted by Gasteiger charge is 2.11. The van der Waals surface area contributed by atoms with E-state index in [-0.39, 0.29) is 5.75 Å². The third-order valence-corrected chi connectivity index (χ3v) is 4.24. The van der Waals surface area contributed by atoms with E-state index in [0.29, 0.717) is 11.4 Å². The first-order valence-electron chi connectivity index (χ1n) is 4.67. The zero-order valence-electron chi connectivity index (χ0n) is 8.92. The molecule has 8 heteroatoms. The number of primary amides is 1. The number of rotatable bonds is 5. The van der Waals surface area contributed by atoms with Crippen molar-refractivity contribution in [3.8, 4) is 0 Å². The number of nitrogens with one attached hydrogen (secondary N) is 1. The summed E-state index contributed by atoms with van der Waals surface area (Å²) < 4.78 is 24.2. The molecule has 0 unspecified atom stereocenters. The Morgan fingerprint density at radius 2 is 2.12 bits per heavy atom. The standard InChI is InChI=1S/C9H13N3O3S2/c10-7-2-1-3-8(6-7)16-4-5-17(14,15)12-9(11)13/h1-3,6H,4-5,10H2,(H3,11,12,13). The lowest BCUT2D eigenvalue weighted by molar-refractivity contribution is 0.253. The molecule has 0 atom stereocenters. The second kappa shape index (κ2) is 5.78. The third kappa shape index (κ3) is 5.45. The van der Waals surface area contributed by atoms with Gasteiger partial charge in [0.05, 0.1) is 5.75 Å². The molecule has 1 aromatic carbocycles. The summed E-state index contributed by atoms with van der Waals surface area (Å²) in [6.07, 6.45) is 0. The highest BCUT2D eigenvalue weighted by atomic mass is 32.2. The van der Waals surface area contributed by atoms with Crippen molar-refractivity contribution < 1.29 is 13.2 Å². The summed E-state index contributed by atoms with van der Waals surface area (Å²) in [5.41, 5.74) is 10.9. The number of carbonyl (C=O) groups is 1. The molecule has 0 bridgehead atoms. The number of sulfonamides is 1. The van der Waals surface area contributed by atoms with E-state index in [0.717, 1.165) is 4.90 Å². The number of benzene rings is 1. The quantitative estimate of drug-likeness (QED) is 0.530. The molecule has 5 N–H and O–H groups in total. The third-order valence-electron chi connectivity index (χ3n) is 1.73. The van der Waals surface area contributed by atoms with Gasteiger partial charge >= 0.3 is 6.03 Å². The highest BCUT2D eigenvalue weighted by molar-refractivity contribution is 8.00. The van der Waals surface area contributed by atoms with Gasteiger partial charge in [0.2, 0.25) is 10.0 Å². The monoisotopic (exact) mass is 275 g/mol. The largest absolute Gasteiger partial charge is 0.399 e. The molecule has 0 saturated heterocycles. The van der Waals surface area contributed by atoms with Gasteiger partial charge in [-0.15, -0.1) is 11.8 Å². The van der Waals surface area contributed by atoms with Crippen LogP contribution in [0.2, 0.25) is 0 Å². The maximum absolute atomic E-state index is 11.2. The average Bonchev–Trinajstić information content (AvgIpc) is 2.15. The smallest absolute Gasteiger partial charge is 0.325 e. The van der Waals surface area contributed by atoms with E-state index in [9.17, 15) is 13.2 Å². The van der Waals surface area contributed by atoms with Crippen LogP contribution in [-0.4, -0.2) is 26.0 Å². The summed E-state index contributed by atoms with van der Waals surface area (Å²) >= 11 is 1.34. The predicted octanol–water partition coefficient (Wildman–Crippen LogP) is 0.359. The van der Waals surface area contributed by atoms with Gasteiger partial charge in [-0.05, 0) is 18.2 Å². The van der Waals surface area contributed by atoms with E-state index < -0.39 is 16.1 Å². The molecule has 0 aliphatic heterocycles. The van der Waals surface area contributed by atoms with Gasteiger partial charge in [0.25, 0.3) is 0 Å². The Hall–Kier alpha value is -1.41. The topological polar surface area (TPSA) is 115 Å². The van der Waals surface area contributed by atoms with Crippen LogP contribution < -0.4 is 16.2 Å². The molecule has 17 heavy (non-hydrogen) atoms. The van der Waals surface area contributed by atoms with E-state index >= 15 is 0 Å². The van der Waals surface area contributed by atoms with Gasteiger partial charge in [0, 0.05) is 16.3 Å². The minimum atomic E-state index is -3.64. The number of thioether (sulfide) groups is 1. The van der Waals surface area contributed by atoms with Crippen LogP contribution in [0, 0.1) is 0 Å². The van der Waals surface area contributed by atoms with Crippen LogP contribution in [0.4, 0.5) is 10.5 Å². The average molecular weight is 275 g/mol. The first kappa shape index (κ1) is 13.7. The molecule has 0 saturated carbocycles. The number of carbonyl (C=O) groups excluding carboxylic acids is 1. The lowest BCUT2D eigenvalue weighted by Gasteiger charge is -2.04. The lowest BCUT2D eigenvalue weighted by Crippen LogP contribution is -2.37. The van der Waals surface area contributed by atoms with E-state index in [1.807, 2.05) is 6.07 Å². The van der Waals surface area contributed by atoms with Crippen LogP contribution in [-0.2, 0) is 10.0 Å². The molecule has 0 radical (unpaired) electrons. The number of hydrogen-bond acceptors (Lipinski definition) is 5. The second-order valence-electron chi connectivity index (χ2n) is 3.21. The highest BCUT2D eigenvalue weighted by Crippen LogP contribution is 2.19. The molecular weight excluding hydrogens is 262 g/mol. The number of amides is 2. The Morgan fingerprint density at radius 3 is 2.71 bits per heavy atom. The minimum absolute atomic E-state index is 0.185. The fourth-order valence-corrected chi connectivity index (χ4v) is 3.33. The van der Waals surface area contributed by atoms with Crippen molar-refractivity contribution in [2.24, 2.45) is 5.73 Å². The van der Waals surface area contributed by atoms with Gasteiger partial charge in [0.1, 0.15) is 0 Å². The molecule has 0 aliphatic carbocycles. The molecule has 1 aromatic rings. The Labute approximate surface area is 104 Å². The van der Waals surface area contributed by atoms with E-state index in [4.69, 9.17) is 11.5 Å². The predicted molar refractivity (Wildman–Crippen MR) is 68.1 cm³/mol. The summed E-state index contributed by atoms with van der Waals surface area (Å²) in [5.74, 6) is 0.126. The van der Waals surface area contributed by atoms with Crippen molar-refractivity contribution in [2.45, 2.75) is 4.90 Å². The number of anilines is 1. The molecule has 6 nitrogen and oxygen atoms in total. The number of nitrogens with two attached hydrogens (primary N) is 2. The molecular formula is C9H13N3O3S2. The Kier molecular flexibility index (Phi) is 4.64. The van der Waals surface area contributed by atoms with Crippen LogP contribution in [0.1, 0.15) is 0 Å². The summed E-state index contributed by atoms with van der Waals surface area (Å²) in [5, 5.41) is 0. The SMILES string of the molecule is NC(=O)NS(=O)(=O)CCSc1cccc(N)c1. The lowest BCUT2D eigenvalue weighted by atomic mass is 10.3. The van der Waals surface area contributed by atoms with Crippen molar-refractivity contribution in [2.75, 3.05) is 17.2 Å². The normalized spacial score (nSPS) is 11.1. The Bertz CT molecular complexity index is 502. The number of hydrogen-bond donors (Lipinski definition) is 3. The van der Waals surface area contributed by atoms with Crippen molar-refractivity contribution in [1.82, 2.24) is 4.72 Å². The molecule has 0 heterocycles. The summed E-state index contributed by atoms with van der Waals surface area (Å²) in [6, 6.07) is 6.04. The van der Waals surface area contributed by atoms with Crippen LogP contribution in [0.15, 0.2) is 29.2 Å². The zero-order chi connectivity index (χ0) is 12.9. The van der Waals surface area contributed by atoms with Crippen LogP contribution >= 0.6 is 11.8 Å². The molecule has 1 rings (SSSR count). The van der Waals surface area contributed by atoms with Gasteiger partial charge in [-0.3, -0.25) is 0 Å². The Balaban J connectivity index is 2.45. The summed E-state index contributed by atoms with van der Waals surface area (Å²) in [7, 11) is -3.64. The maximum atomic E-state index is 11.2. The fourth-order valence-electron chi connectivity index (χ4n) is 1.08. The molecule has 0 spiro atoms. The van der Waals surface area contributed by atoms with E-state index in [1.165, 1.54) is 11.8 Å². The van der Waals surface area contributed by atoms with Crippen LogP contribution in [0.5, 0.6) is 0 Å². The van der Waals surface area contributed by atoms with Crippen LogP contribution in [0.3, 0.4) is 0 Å². The first-order valence-corrected chi connectivity index (χ1v) is 7.31. The Morgan fingerprint density at radius 1 is 1.41 bits per heavy atom. The van der Waals surface area contributed by atoms with Crippen LogP contribution in [0.25, 0.3) is 0 Å². The molecule has 0 aliphatic rings. The van der Waals surface area contributed by atoms with Gasteiger partial charge in [-0.2, -0.15) is 0 Å². The second-order valence-corrected chi connectivity index (χ2v) is 6.22. The summed E-state index contributed by atoms with van der Waals surface area (Å²) in [6.45, 7) is 0. The number of urea groups is 1. The summed E-state index contributed by atoms with van der Waals surface area (Å²) in [4.78, 5) is 11.3. The maximum Gasteiger partial charge on any atom is 0.325 e. The molecule has 0 fully saturated rings. The van der Waals surface area contributed by atoms with Crippen molar-refractivity contribution in [3.63, 3.8) is 0 Å². The number of nitrogen functional groups attached to an aromatic ring is 1. The van der Waals surface area contributed by atoms with Crippen molar-refractivity contribution in [1.29, 1.82) is 0 Å². The minimum Gasteiger partial charge on any atom is -0.399 e. The van der Waals surface area contributed by atoms with Gasteiger partial charge in [0.15, 0.2) is 0 Å². The van der Waals surface area contributed by atoms with Gasteiger partial charge in [-0.25, -0.2) is 17.9 Å². The van der Waals surface area contributed by atoms with E-state index in [1.54, 1.807) is 22.9 Å². The first-order chi connectivity index (χ1) is 7.89. The zero-order valence-corrected chi connectivity index (χ0v) is 10.6. The van der Waals surface area contributed by atoms with Crippen molar-refractivity contribution >= 4 is 33.5 Å².